The Balaban J connectivity index is 1.33. The van der Waals surface area contributed by atoms with Crippen molar-refractivity contribution in [3.8, 4) is 5.75 Å². The normalized spacial score (nSPS) is 14.6. The molecule has 8 heteroatoms. The summed E-state index contributed by atoms with van der Waals surface area (Å²) in [5.41, 5.74) is 4.01. The van der Waals surface area contributed by atoms with Gasteiger partial charge in [0, 0.05) is 24.0 Å². The molecule has 1 aliphatic rings. The number of carbonyl (C=O) groups excluding carboxylic acids is 2. The molecule has 6 nitrogen and oxygen atoms in total. The third-order valence-corrected chi connectivity index (χ3v) is 7.15. The summed E-state index contributed by atoms with van der Waals surface area (Å²) < 4.78 is 19.7. The predicted molar refractivity (Wildman–Crippen MR) is 141 cm³/mol. The molecule has 1 N–H and O–H groups in total. The molecule has 0 fully saturated rings. The minimum absolute atomic E-state index is 0.0513. The second kappa shape index (κ2) is 10.9. The first-order valence-electron chi connectivity index (χ1n) is 12.1. The minimum atomic E-state index is -0.314. The van der Waals surface area contributed by atoms with Crippen molar-refractivity contribution in [2.75, 3.05) is 11.9 Å². The molecule has 0 aliphatic carbocycles. The van der Waals surface area contributed by atoms with Gasteiger partial charge in [-0.15, -0.1) is 11.3 Å². The molecule has 4 aromatic rings. The zero-order chi connectivity index (χ0) is 25.8. The number of para-hydroxylation sites is 1. The van der Waals surface area contributed by atoms with Crippen LogP contribution in [-0.2, 0) is 17.8 Å². The first-order valence-corrected chi connectivity index (χ1v) is 13.0. The molecule has 5 rings (SSSR count). The number of aromatic nitrogens is 1. The molecule has 0 bridgehead atoms. The number of nitrogens with zero attached hydrogens (tertiary/aromatic N) is 2. The lowest BCUT2D eigenvalue weighted by molar-refractivity contribution is -0.132. The number of carbonyl (C=O) groups is 2. The van der Waals surface area contributed by atoms with Crippen molar-refractivity contribution in [3.05, 3.63) is 111 Å². The topological polar surface area (TPSA) is 71.5 Å². The number of halogens is 1. The predicted octanol–water partition coefficient (Wildman–Crippen LogP) is 6.00. The van der Waals surface area contributed by atoms with E-state index < -0.39 is 0 Å². The van der Waals surface area contributed by atoms with E-state index in [4.69, 9.17) is 4.74 Å². The van der Waals surface area contributed by atoms with Crippen LogP contribution in [0.15, 0.2) is 78.2 Å². The number of thiazole rings is 1. The summed E-state index contributed by atoms with van der Waals surface area (Å²) in [5, 5.41) is 5.22. The van der Waals surface area contributed by atoms with Gasteiger partial charge in [0.15, 0.2) is 0 Å². The highest BCUT2D eigenvalue weighted by molar-refractivity contribution is 7.09. The van der Waals surface area contributed by atoms with Gasteiger partial charge in [-0.3, -0.25) is 9.59 Å². The maximum atomic E-state index is 13.6. The average molecular weight is 516 g/mol. The quantitative estimate of drug-likeness (QED) is 0.328. The first-order chi connectivity index (χ1) is 18.0. The van der Waals surface area contributed by atoms with E-state index in [1.807, 2.05) is 60.4 Å². The second-order valence-corrected chi connectivity index (χ2v) is 9.68. The van der Waals surface area contributed by atoms with Gasteiger partial charge >= 0.3 is 0 Å². The molecule has 0 saturated heterocycles. The number of benzene rings is 3. The molecule has 1 aromatic heterocycles. The molecule has 3 aromatic carbocycles. The van der Waals surface area contributed by atoms with Crippen LogP contribution in [0.4, 0.5) is 10.1 Å². The third-order valence-electron chi connectivity index (χ3n) is 6.33. The molecule has 0 saturated carbocycles. The van der Waals surface area contributed by atoms with Gasteiger partial charge in [-0.05, 0) is 59.5 Å². The SMILES string of the molecule is CCC(=O)N1CCc2ccc(OCc3nc(C(=O)Nc4ccccc4)cs3)cc2C1c1ccc(F)cc1. The van der Waals surface area contributed by atoms with Gasteiger partial charge in [-0.1, -0.05) is 43.3 Å². The van der Waals surface area contributed by atoms with Gasteiger partial charge in [0.2, 0.25) is 5.91 Å². The van der Waals surface area contributed by atoms with E-state index >= 15 is 0 Å². The fourth-order valence-electron chi connectivity index (χ4n) is 4.50. The number of anilines is 1. The van der Waals surface area contributed by atoms with E-state index in [9.17, 15) is 14.0 Å². The smallest absolute Gasteiger partial charge is 0.275 e. The highest BCUT2D eigenvalue weighted by Crippen LogP contribution is 2.37. The summed E-state index contributed by atoms with van der Waals surface area (Å²) in [6, 6.07) is 21.1. The van der Waals surface area contributed by atoms with Crippen LogP contribution in [0.25, 0.3) is 0 Å². The minimum Gasteiger partial charge on any atom is -0.486 e. The lowest BCUT2D eigenvalue weighted by Crippen LogP contribution is -2.40. The first kappa shape index (κ1) is 24.6. The van der Waals surface area contributed by atoms with Crippen LogP contribution in [0.2, 0.25) is 0 Å². The van der Waals surface area contributed by atoms with Crippen molar-refractivity contribution in [3.63, 3.8) is 0 Å². The van der Waals surface area contributed by atoms with Crippen molar-refractivity contribution in [1.29, 1.82) is 0 Å². The number of rotatable bonds is 7. The van der Waals surface area contributed by atoms with Gasteiger partial charge in [-0.2, -0.15) is 0 Å². The Morgan fingerprint density at radius 3 is 2.65 bits per heavy atom. The molecule has 188 valence electrons. The van der Waals surface area contributed by atoms with E-state index in [0.717, 1.165) is 23.1 Å². The summed E-state index contributed by atoms with van der Waals surface area (Å²) in [4.78, 5) is 31.6. The van der Waals surface area contributed by atoms with Gasteiger partial charge in [-0.25, -0.2) is 9.37 Å². The second-order valence-electron chi connectivity index (χ2n) is 8.74. The van der Waals surface area contributed by atoms with Crippen molar-refractivity contribution < 1.29 is 18.7 Å². The van der Waals surface area contributed by atoms with E-state index in [-0.39, 0.29) is 30.3 Å². The van der Waals surface area contributed by atoms with Crippen LogP contribution in [-0.4, -0.2) is 28.2 Å². The lowest BCUT2D eigenvalue weighted by atomic mass is 9.87. The highest BCUT2D eigenvalue weighted by atomic mass is 32.1. The molecule has 1 unspecified atom stereocenters. The largest absolute Gasteiger partial charge is 0.486 e. The van der Waals surface area contributed by atoms with Crippen molar-refractivity contribution in [1.82, 2.24) is 9.88 Å². The Kier molecular flexibility index (Phi) is 7.28. The number of amides is 2. The monoisotopic (exact) mass is 515 g/mol. The highest BCUT2D eigenvalue weighted by Gasteiger charge is 2.31. The van der Waals surface area contributed by atoms with Crippen LogP contribution in [0.3, 0.4) is 0 Å². The molecule has 37 heavy (non-hydrogen) atoms. The number of fused-ring (bicyclic) bond motifs is 1. The summed E-state index contributed by atoms with van der Waals surface area (Å²) >= 11 is 1.36. The molecular weight excluding hydrogens is 489 g/mol. The van der Waals surface area contributed by atoms with Gasteiger partial charge < -0.3 is 15.0 Å². The van der Waals surface area contributed by atoms with Crippen molar-refractivity contribution >= 4 is 28.8 Å². The Morgan fingerprint density at radius 2 is 1.89 bits per heavy atom. The molecule has 0 radical (unpaired) electrons. The van der Waals surface area contributed by atoms with Crippen molar-refractivity contribution in [2.45, 2.75) is 32.4 Å². The van der Waals surface area contributed by atoms with Gasteiger partial charge in [0.1, 0.15) is 28.9 Å². The molecule has 1 aliphatic heterocycles. The Bertz CT molecular complexity index is 1410. The zero-order valence-electron chi connectivity index (χ0n) is 20.3. The van der Waals surface area contributed by atoms with E-state index in [2.05, 4.69) is 10.3 Å². The molecule has 0 spiro atoms. The maximum Gasteiger partial charge on any atom is 0.275 e. The number of ether oxygens (including phenoxy) is 1. The van der Waals surface area contributed by atoms with Crippen LogP contribution in [0.5, 0.6) is 5.75 Å². The van der Waals surface area contributed by atoms with Crippen LogP contribution >= 0.6 is 11.3 Å². The zero-order valence-corrected chi connectivity index (χ0v) is 21.1. The van der Waals surface area contributed by atoms with Crippen molar-refractivity contribution in [2.24, 2.45) is 0 Å². The molecular formula is C29H26FN3O3S. The van der Waals surface area contributed by atoms with Gasteiger partial charge in [0.05, 0.1) is 6.04 Å². The molecule has 1 atom stereocenters. The Morgan fingerprint density at radius 1 is 1.11 bits per heavy atom. The fourth-order valence-corrected chi connectivity index (χ4v) is 5.19. The number of nitrogens with one attached hydrogen (secondary N) is 1. The standard InChI is InChI=1S/C29H26FN3O3S/c1-2-27(34)33-15-14-19-10-13-23(16-24(19)28(33)20-8-11-21(30)12-9-20)36-17-26-32-25(18-37-26)29(35)31-22-6-4-3-5-7-22/h3-13,16,18,28H,2,14-15,17H2,1H3,(H,31,35). The summed E-state index contributed by atoms with van der Waals surface area (Å²) in [5.74, 6) is 0.105. The van der Waals surface area contributed by atoms with Gasteiger partial charge in [0.25, 0.3) is 5.91 Å². The van der Waals surface area contributed by atoms with Crippen LogP contribution in [0, 0.1) is 5.82 Å². The fraction of sp³-hybridized carbons (Fsp3) is 0.207. The summed E-state index contributed by atoms with van der Waals surface area (Å²) in [6.45, 7) is 2.66. The Hall–Kier alpha value is -4.04. The number of hydrogen-bond acceptors (Lipinski definition) is 5. The third kappa shape index (κ3) is 5.54. The van der Waals surface area contributed by atoms with E-state index in [1.54, 1.807) is 17.5 Å². The summed E-state index contributed by atoms with van der Waals surface area (Å²) in [7, 11) is 0. The molecule has 2 heterocycles. The maximum absolute atomic E-state index is 13.6. The van der Waals surface area contributed by atoms with Crippen LogP contribution < -0.4 is 10.1 Å². The van der Waals surface area contributed by atoms with E-state index in [1.165, 1.54) is 23.5 Å². The number of hydrogen-bond donors (Lipinski definition) is 1. The lowest BCUT2D eigenvalue weighted by Gasteiger charge is -2.38. The van der Waals surface area contributed by atoms with E-state index in [0.29, 0.717) is 35.1 Å². The summed E-state index contributed by atoms with van der Waals surface area (Å²) in [6.07, 6.45) is 1.14. The molecule has 2 amide bonds. The van der Waals surface area contributed by atoms with Crippen LogP contribution in [0.1, 0.15) is 51.6 Å². The Labute approximate surface area is 218 Å². The average Bonchev–Trinajstić information content (AvgIpc) is 3.41.